The second kappa shape index (κ2) is 5.41. The second-order valence-corrected chi connectivity index (χ2v) is 4.97. The lowest BCUT2D eigenvalue weighted by atomic mass is 10.0. The van der Waals surface area contributed by atoms with E-state index in [9.17, 15) is 9.18 Å². The molecule has 3 nitrogen and oxygen atoms in total. The number of aromatic nitrogens is 1. The van der Waals surface area contributed by atoms with Crippen LogP contribution >= 0.6 is 0 Å². The van der Waals surface area contributed by atoms with E-state index in [2.05, 4.69) is 11.1 Å². The minimum atomic E-state index is -0.619. The topological polar surface area (TPSA) is 33.2 Å². The van der Waals surface area contributed by atoms with Crippen LogP contribution in [0.25, 0.3) is 0 Å². The van der Waals surface area contributed by atoms with Gasteiger partial charge in [-0.25, -0.2) is 4.98 Å². The largest absolute Gasteiger partial charge is 0.334 e. The highest BCUT2D eigenvalue weighted by Gasteiger charge is 2.20. The Labute approximate surface area is 117 Å². The van der Waals surface area contributed by atoms with E-state index in [-0.39, 0.29) is 5.91 Å². The van der Waals surface area contributed by atoms with E-state index in [0.29, 0.717) is 18.7 Å². The number of nitrogens with zero attached hydrogens (tertiary/aromatic N) is 2. The van der Waals surface area contributed by atoms with Crippen LogP contribution in [-0.4, -0.2) is 22.3 Å². The molecule has 0 unspecified atom stereocenters. The molecule has 0 radical (unpaired) electrons. The summed E-state index contributed by atoms with van der Waals surface area (Å²) in [4.78, 5) is 17.7. The van der Waals surface area contributed by atoms with E-state index in [4.69, 9.17) is 0 Å². The van der Waals surface area contributed by atoms with Crippen molar-refractivity contribution in [1.29, 1.82) is 0 Å². The van der Waals surface area contributed by atoms with Crippen molar-refractivity contribution in [2.45, 2.75) is 19.4 Å². The van der Waals surface area contributed by atoms with E-state index >= 15 is 0 Å². The summed E-state index contributed by atoms with van der Waals surface area (Å²) in [6, 6.07) is 10.9. The number of carbonyl (C=O) groups is 1. The summed E-state index contributed by atoms with van der Waals surface area (Å²) < 4.78 is 13.1. The van der Waals surface area contributed by atoms with Crippen molar-refractivity contribution < 1.29 is 9.18 Å². The van der Waals surface area contributed by atoms with Crippen molar-refractivity contribution in [2.24, 2.45) is 0 Å². The molecule has 0 saturated carbocycles. The molecule has 0 aliphatic carbocycles. The van der Waals surface area contributed by atoms with Crippen molar-refractivity contribution in [3.8, 4) is 0 Å². The second-order valence-electron chi connectivity index (χ2n) is 4.97. The Morgan fingerprint density at radius 2 is 2.00 bits per heavy atom. The minimum Gasteiger partial charge on any atom is -0.334 e. The molecule has 20 heavy (non-hydrogen) atoms. The zero-order chi connectivity index (χ0) is 13.9. The first-order chi connectivity index (χ1) is 9.74. The SMILES string of the molecule is O=C(c1ccnc(F)c1)N1CCCc2ccccc2C1. The maximum atomic E-state index is 13.1. The van der Waals surface area contributed by atoms with Crippen LogP contribution in [0.5, 0.6) is 0 Å². The first-order valence-electron chi connectivity index (χ1n) is 6.71. The number of fused-ring (bicyclic) bond motifs is 1. The predicted molar refractivity (Wildman–Crippen MR) is 73.7 cm³/mol. The van der Waals surface area contributed by atoms with Crippen molar-refractivity contribution in [1.82, 2.24) is 9.88 Å². The molecule has 1 aliphatic heterocycles. The third kappa shape index (κ3) is 2.54. The zero-order valence-corrected chi connectivity index (χ0v) is 11.1. The Bertz CT molecular complexity index is 642. The Balaban J connectivity index is 1.86. The van der Waals surface area contributed by atoms with Gasteiger partial charge in [-0.15, -0.1) is 0 Å². The van der Waals surface area contributed by atoms with Crippen LogP contribution in [0.1, 0.15) is 27.9 Å². The molecule has 0 atom stereocenters. The number of carbonyl (C=O) groups excluding carboxylic acids is 1. The number of rotatable bonds is 1. The molecule has 0 N–H and O–H groups in total. The van der Waals surface area contributed by atoms with E-state index in [1.807, 2.05) is 18.2 Å². The monoisotopic (exact) mass is 270 g/mol. The number of hydrogen-bond acceptors (Lipinski definition) is 2. The zero-order valence-electron chi connectivity index (χ0n) is 11.1. The Kier molecular flexibility index (Phi) is 3.46. The Morgan fingerprint density at radius 3 is 2.80 bits per heavy atom. The van der Waals surface area contributed by atoms with Crippen molar-refractivity contribution >= 4 is 5.91 Å². The first-order valence-corrected chi connectivity index (χ1v) is 6.71. The fraction of sp³-hybridized carbons (Fsp3) is 0.250. The highest BCUT2D eigenvalue weighted by molar-refractivity contribution is 5.94. The van der Waals surface area contributed by atoms with Crippen LogP contribution in [0, 0.1) is 5.95 Å². The standard InChI is InChI=1S/C16H15FN2O/c17-15-10-13(7-8-18-15)16(20)19-9-3-6-12-4-1-2-5-14(12)11-19/h1-2,4-5,7-8,10H,3,6,9,11H2. The number of pyridine rings is 1. The predicted octanol–water partition coefficient (Wildman–Crippen LogP) is 2.81. The molecule has 1 aromatic heterocycles. The number of halogens is 1. The summed E-state index contributed by atoms with van der Waals surface area (Å²) >= 11 is 0. The molecule has 0 bridgehead atoms. The van der Waals surface area contributed by atoms with Crippen molar-refractivity contribution in [2.75, 3.05) is 6.54 Å². The van der Waals surface area contributed by atoms with E-state index in [1.54, 1.807) is 11.0 Å². The molecule has 1 aromatic carbocycles. The van der Waals surface area contributed by atoms with E-state index < -0.39 is 5.95 Å². The summed E-state index contributed by atoms with van der Waals surface area (Å²) in [5.41, 5.74) is 2.83. The van der Waals surface area contributed by atoms with Gasteiger partial charge in [0.2, 0.25) is 5.95 Å². The van der Waals surface area contributed by atoms with Gasteiger partial charge in [0.05, 0.1) is 0 Å². The lowest BCUT2D eigenvalue weighted by Crippen LogP contribution is -2.30. The Hall–Kier alpha value is -2.23. The van der Waals surface area contributed by atoms with Crippen LogP contribution in [-0.2, 0) is 13.0 Å². The normalized spacial score (nSPS) is 14.6. The van der Waals surface area contributed by atoms with Crippen molar-refractivity contribution in [3.05, 3.63) is 65.2 Å². The smallest absolute Gasteiger partial charge is 0.254 e. The molecule has 1 amide bonds. The molecule has 2 aromatic rings. The van der Waals surface area contributed by atoms with Crippen LogP contribution in [0.3, 0.4) is 0 Å². The molecule has 2 heterocycles. The summed E-state index contributed by atoms with van der Waals surface area (Å²) in [7, 11) is 0. The van der Waals surface area contributed by atoms with Crippen molar-refractivity contribution in [3.63, 3.8) is 0 Å². The molecular formula is C16H15FN2O. The van der Waals surface area contributed by atoms with Crippen LogP contribution in [0.2, 0.25) is 0 Å². The van der Waals surface area contributed by atoms with Gasteiger partial charge in [-0.2, -0.15) is 4.39 Å². The van der Waals surface area contributed by atoms with Gasteiger partial charge in [-0.05, 0) is 30.0 Å². The minimum absolute atomic E-state index is 0.136. The maximum Gasteiger partial charge on any atom is 0.254 e. The average Bonchev–Trinajstić information content (AvgIpc) is 2.68. The third-order valence-electron chi connectivity index (χ3n) is 3.61. The first kappa shape index (κ1) is 12.8. The van der Waals surface area contributed by atoms with E-state index in [1.165, 1.54) is 23.4 Å². The average molecular weight is 270 g/mol. The fourth-order valence-corrected chi connectivity index (χ4v) is 2.59. The maximum absolute atomic E-state index is 13.1. The molecule has 0 spiro atoms. The van der Waals surface area contributed by atoms with Gasteiger partial charge in [-0.3, -0.25) is 4.79 Å². The summed E-state index contributed by atoms with van der Waals surface area (Å²) in [5.74, 6) is -0.755. The lowest BCUT2D eigenvalue weighted by molar-refractivity contribution is 0.0745. The molecule has 0 saturated heterocycles. The van der Waals surface area contributed by atoms with Gasteiger partial charge in [0.15, 0.2) is 0 Å². The molecule has 1 aliphatic rings. The van der Waals surface area contributed by atoms with Gasteiger partial charge >= 0.3 is 0 Å². The quantitative estimate of drug-likeness (QED) is 0.747. The lowest BCUT2D eigenvalue weighted by Gasteiger charge is -2.21. The van der Waals surface area contributed by atoms with Gasteiger partial charge in [0, 0.05) is 30.9 Å². The third-order valence-corrected chi connectivity index (χ3v) is 3.61. The number of benzene rings is 1. The van der Waals surface area contributed by atoms with Crippen LogP contribution in [0.15, 0.2) is 42.6 Å². The molecule has 0 fully saturated rings. The van der Waals surface area contributed by atoms with E-state index in [0.717, 1.165) is 12.8 Å². The number of aryl methyl sites for hydroxylation is 1. The van der Waals surface area contributed by atoms with Gasteiger partial charge < -0.3 is 4.90 Å². The Morgan fingerprint density at radius 1 is 1.20 bits per heavy atom. The van der Waals surface area contributed by atoms with Gasteiger partial charge in [0.25, 0.3) is 5.91 Å². The summed E-state index contributed by atoms with van der Waals surface area (Å²) in [6.07, 6.45) is 3.23. The van der Waals surface area contributed by atoms with Crippen LogP contribution < -0.4 is 0 Å². The highest BCUT2D eigenvalue weighted by Crippen LogP contribution is 2.20. The molecular weight excluding hydrogens is 255 g/mol. The van der Waals surface area contributed by atoms with Crippen LogP contribution in [0.4, 0.5) is 4.39 Å². The molecule has 4 heteroatoms. The molecule has 3 rings (SSSR count). The fourth-order valence-electron chi connectivity index (χ4n) is 2.59. The summed E-state index contributed by atoms with van der Waals surface area (Å²) in [6.45, 7) is 1.27. The summed E-state index contributed by atoms with van der Waals surface area (Å²) in [5, 5.41) is 0. The number of amides is 1. The molecule has 102 valence electrons. The van der Waals surface area contributed by atoms with Gasteiger partial charge in [0.1, 0.15) is 0 Å². The number of hydrogen-bond donors (Lipinski definition) is 0. The highest BCUT2D eigenvalue weighted by atomic mass is 19.1. The van der Waals surface area contributed by atoms with Gasteiger partial charge in [-0.1, -0.05) is 24.3 Å².